The van der Waals surface area contributed by atoms with Crippen LogP contribution in [0, 0.1) is 5.41 Å². The Bertz CT molecular complexity index is 536. The minimum atomic E-state index is -1.38. The lowest BCUT2D eigenvalue weighted by Crippen LogP contribution is -2.48. The number of H-pyrrole nitrogens is 2. The van der Waals surface area contributed by atoms with Gasteiger partial charge in [0, 0.05) is 23.8 Å². The van der Waals surface area contributed by atoms with E-state index in [1.807, 2.05) is 0 Å². The molecule has 2 heterocycles. The number of nitrogens with two attached hydrogens (primary N) is 2. The van der Waals surface area contributed by atoms with E-state index in [1.165, 1.54) is 12.7 Å². The van der Waals surface area contributed by atoms with Crippen molar-refractivity contribution in [1.29, 1.82) is 0 Å². The van der Waals surface area contributed by atoms with Gasteiger partial charge in [0.05, 0.1) is 12.7 Å². The maximum atomic E-state index is 11.9. The molecule has 0 unspecified atom stereocenters. The van der Waals surface area contributed by atoms with Crippen LogP contribution in [0.25, 0.3) is 0 Å². The number of rotatable bonds is 8. The third kappa shape index (κ3) is 3.28. The average Bonchev–Trinajstić information content (AvgIpc) is 3.11. The van der Waals surface area contributed by atoms with E-state index in [1.54, 1.807) is 12.4 Å². The zero-order valence-electron chi connectivity index (χ0n) is 11.5. The van der Waals surface area contributed by atoms with Crippen molar-refractivity contribution in [3.8, 4) is 0 Å². The highest BCUT2D eigenvalue weighted by molar-refractivity contribution is 6.03. The van der Waals surface area contributed by atoms with Crippen molar-refractivity contribution < 1.29 is 9.59 Å². The number of carbonyl (C=O) groups is 2. The van der Waals surface area contributed by atoms with Gasteiger partial charge in [0.2, 0.25) is 11.8 Å². The maximum Gasteiger partial charge on any atom is 0.233 e. The second-order valence-electron chi connectivity index (χ2n) is 4.96. The molecule has 0 aliphatic heterocycles. The first-order valence-corrected chi connectivity index (χ1v) is 6.59. The van der Waals surface area contributed by atoms with Gasteiger partial charge in [-0.2, -0.15) is 0 Å². The monoisotopic (exact) mass is 290 g/mol. The molecule has 0 spiro atoms. The van der Waals surface area contributed by atoms with Gasteiger partial charge in [-0.05, 0) is 25.7 Å². The van der Waals surface area contributed by atoms with E-state index in [-0.39, 0.29) is 12.8 Å². The van der Waals surface area contributed by atoms with E-state index >= 15 is 0 Å². The van der Waals surface area contributed by atoms with Crippen molar-refractivity contribution in [3.05, 3.63) is 36.4 Å². The Kier molecular flexibility index (Phi) is 4.36. The molecule has 0 fully saturated rings. The van der Waals surface area contributed by atoms with Crippen LogP contribution >= 0.6 is 0 Å². The number of amides is 2. The fourth-order valence-corrected chi connectivity index (χ4v) is 2.28. The quantitative estimate of drug-likeness (QED) is 0.493. The Morgan fingerprint density at radius 2 is 1.38 bits per heavy atom. The number of aromatic amines is 2. The van der Waals surface area contributed by atoms with Crippen molar-refractivity contribution in [3.63, 3.8) is 0 Å². The molecular weight excluding hydrogens is 272 g/mol. The summed E-state index contributed by atoms with van der Waals surface area (Å²) in [7, 11) is 0. The molecule has 8 nitrogen and oxygen atoms in total. The lowest BCUT2D eigenvalue weighted by Gasteiger charge is -2.26. The Balaban J connectivity index is 2.12. The average molecular weight is 290 g/mol. The van der Waals surface area contributed by atoms with Crippen LogP contribution in [0.1, 0.15) is 24.2 Å². The van der Waals surface area contributed by atoms with Crippen LogP contribution in [0.15, 0.2) is 25.0 Å². The van der Waals surface area contributed by atoms with E-state index in [0.29, 0.717) is 12.8 Å². The van der Waals surface area contributed by atoms with Crippen molar-refractivity contribution in [2.24, 2.45) is 16.9 Å². The number of nitrogens with one attached hydrogen (secondary N) is 2. The van der Waals surface area contributed by atoms with Gasteiger partial charge in [0.25, 0.3) is 0 Å². The summed E-state index contributed by atoms with van der Waals surface area (Å²) in [4.78, 5) is 37.4. The van der Waals surface area contributed by atoms with Crippen LogP contribution < -0.4 is 11.5 Å². The first-order valence-electron chi connectivity index (χ1n) is 6.59. The Morgan fingerprint density at radius 3 is 1.67 bits per heavy atom. The van der Waals surface area contributed by atoms with E-state index in [9.17, 15) is 9.59 Å². The standard InChI is InChI=1S/C13H18N6O2/c14-11(20)13(12(15)21,3-1-9-5-16-7-18-9)4-2-10-6-17-8-19-10/h5-8H,1-4H2,(H2,14,20)(H2,15,21)(H,16,18)(H,17,19). The van der Waals surface area contributed by atoms with Gasteiger partial charge in [-0.3, -0.25) is 9.59 Å². The summed E-state index contributed by atoms with van der Waals surface area (Å²) in [6, 6.07) is 0. The fourth-order valence-electron chi connectivity index (χ4n) is 2.28. The van der Waals surface area contributed by atoms with Gasteiger partial charge in [-0.1, -0.05) is 0 Å². The van der Waals surface area contributed by atoms with Gasteiger partial charge in [-0.25, -0.2) is 9.97 Å². The van der Waals surface area contributed by atoms with Crippen molar-refractivity contribution in [1.82, 2.24) is 19.9 Å². The van der Waals surface area contributed by atoms with Gasteiger partial charge in [0.15, 0.2) is 0 Å². The van der Waals surface area contributed by atoms with Gasteiger partial charge < -0.3 is 21.4 Å². The molecule has 0 saturated heterocycles. The van der Waals surface area contributed by atoms with E-state index < -0.39 is 17.2 Å². The van der Waals surface area contributed by atoms with Crippen LogP contribution in [0.4, 0.5) is 0 Å². The highest BCUT2D eigenvalue weighted by Gasteiger charge is 2.42. The van der Waals surface area contributed by atoms with E-state index in [0.717, 1.165) is 11.4 Å². The van der Waals surface area contributed by atoms with Crippen LogP contribution in [0.2, 0.25) is 0 Å². The summed E-state index contributed by atoms with van der Waals surface area (Å²) in [5.41, 5.74) is 11.2. The fraction of sp³-hybridized carbons (Fsp3) is 0.385. The predicted molar refractivity (Wildman–Crippen MR) is 74.6 cm³/mol. The number of carbonyl (C=O) groups excluding carboxylic acids is 2. The van der Waals surface area contributed by atoms with Gasteiger partial charge in [0.1, 0.15) is 5.41 Å². The molecule has 0 atom stereocenters. The summed E-state index contributed by atoms with van der Waals surface area (Å²) < 4.78 is 0. The smallest absolute Gasteiger partial charge is 0.233 e. The molecule has 2 aromatic heterocycles. The van der Waals surface area contributed by atoms with Crippen molar-refractivity contribution >= 4 is 11.8 Å². The largest absolute Gasteiger partial charge is 0.369 e. The molecule has 21 heavy (non-hydrogen) atoms. The maximum absolute atomic E-state index is 11.9. The molecule has 6 N–H and O–H groups in total. The molecule has 2 rings (SSSR count). The van der Waals surface area contributed by atoms with Crippen LogP contribution in [-0.4, -0.2) is 31.8 Å². The lowest BCUT2D eigenvalue weighted by molar-refractivity contribution is -0.140. The topological polar surface area (TPSA) is 144 Å². The molecule has 0 aliphatic carbocycles. The van der Waals surface area contributed by atoms with Crippen LogP contribution in [-0.2, 0) is 22.4 Å². The number of aryl methyl sites for hydroxylation is 2. The zero-order chi connectivity index (χ0) is 15.3. The third-order valence-corrected chi connectivity index (χ3v) is 3.70. The van der Waals surface area contributed by atoms with Gasteiger partial charge >= 0.3 is 0 Å². The second-order valence-corrected chi connectivity index (χ2v) is 4.96. The minimum Gasteiger partial charge on any atom is -0.369 e. The number of imidazole rings is 2. The van der Waals surface area contributed by atoms with Crippen molar-refractivity contribution in [2.45, 2.75) is 25.7 Å². The zero-order valence-corrected chi connectivity index (χ0v) is 11.5. The summed E-state index contributed by atoms with van der Waals surface area (Å²) in [6.45, 7) is 0. The summed E-state index contributed by atoms with van der Waals surface area (Å²) in [6.07, 6.45) is 7.78. The highest BCUT2D eigenvalue weighted by atomic mass is 16.2. The second kappa shape index (κ2) is 6.21. The number of aromatic nitrogens is 4. The van der Waals surface area contributed by atoms with E-state index in [4.69, 9.17) is 11.5 Å². The lowest BCUT2D eigenvalue weighted by atomic mass is 9.77. The molecule has 0 bridgehead atoms. The molecular formula is C13H18N6O2. The van der Waals surface area contributed by atoms with Crippen LogP contribution in [0.3, 0.4) is 0 Å². The molecule has 8 heteroatoms. The SMILES string of the molecule is NC(=O)C(CCc1cnc[nH]1)(CCc1cnc[nH]1)C(N)=O. The normalized spacial score (nSPS) is 11.4. The predicted octanol–water partition coefficient (Wildman–Crippen LogP) is -0.345. The van der Waals surface area contributed by atoms with Crippen LogP contribution in [0.5, 0.6) is 0 Å². The number of hydrogen-bond acceptors (Lipinski definition) is 4. The minimum absolute atomic E-state index is 0.244. The summed E-state index contributed by atoms with van der Waals surface area (Å²) in [5.74, 6) is -1.40. The first-order chi connectivity index (χ1) is 10.0. The van der Waals surface area contributed by atoms with Crippen molar-refractivity contribution in [2.75, 3.05) is 0 Å². The molecule has 0 radical (unpaired) electrons. The number of nitrogens with zero attached hydrogens (tertiary/aromatic N) is 2. The molecule has 0 saturated carbocycles. The molecule has 112 valence electrons. The highest BCUT2D eigenvalue weighted by Crippen LogP contribution is 2.29. The third-order valence-electron chi connectivity index (χ3n) is 3.70. The van der Waals surface area contributed by atoms with Gasteiger partial charge in [-0.15, -0.1) is 0 Å². The Labute approximate surface area is 121 Å². The molecule has 2 amide bonds. The van der Waals surface area contributed by atoms with E-state index in [2.05, 4.69) is 19.9 Å². The number of primary amides is 2. The number of hydrogen-bond donors (Lipinski definition) is 4. The summed E-state index contributed by atoms with van der Waals surface area (Å²) in [5, 5.41) is 0. The molecule has 0 aromatic carbocycles. The molecule has 2 aromatic rings. The Hall–Kier alpha value is -2.64. The molecule has 0 aliphatic rings. The first kappa shape index (κ1) is 14.8. The summed E-state index contributed by atoms with van der Waals surface area (Å²) >= 11 is 0. The Morgan fingerprint density at radius 1 is 0.952 bits per heavy atom.